The molecule has 8 rings (SSSR count). The highest BCUT2D eigenvalue weighted by Crippen LogP contribution is 2.44. The van der Waals surface area contributed by atoms with Crippen LogP contribution >= 0.6 is 0 Å². The average Bonchev–Trinajstić information content (AvgIpc) is 2.63. The molecule has 1 aromatic heterocycles. The summed E-state index contributed by atoms with van der Waals surface area (Å²) in [5.41, 5.74) is 7.52. The first-order valence-corrected chi connectivity index (χ1v) is 8.09. The fraction of sp³-hybridized carbons (Fsp3) is 0.200. The van der Waals surface area contributed by atoms with Crippen LogP contribution in [0.5, 0.6) is 0 Å². The van der Waals surface area contributed by atoms with Gasteiger partial charge in [-0.15, -0.1) is 0 Å². The third-order valence-electron chi connectivity index (χ3n) is 5.34. The second-order valence-electron chi connectivity index (χ2n) is 6.53. The molecule has 3 nitrogen and oxygen atoms in total. The number of nitrogens with one attached hydrogen (secondary N) is 1. The summed E-state index contributed by atoms with van der Waals surface area (Å²) >= 11 is 0. The average molecular weight is 299 g/mol. The van der Waals surface area contributed by atoms with Gasteiger partial charge in [-0.05, 0) is 53.8 Å². The molecule has 0 amide bonds. The van der Waals surface area contributed by atoms with Crippen molar-refractivity contribution >= 4 is 11.4 Å². The summed E-state index contributed by atoms with van der Waals surface area (Å²) in [6, 6.07) is 17.8. The van der Waals surface area contributed by atoms with Gasteiger partial charge in [-0.25, -0.2) is 9.97 Å². The summed E-state index contributed by atoms with van der Waals surface area (Å²) in [6.45, 7) is 0. The van der Waals surface area contributed by atoms with E-state index in [0.717, 1.165) is 30.6 Å². The largest absolute Gasteiger partial charge is 0.356 e. The Morgan fingerprint density at radius 1 is 0.870 bits per heavy atom. The zero-order chi connectivity index (χ0) is 15.3. The molecule has 3 heteroatoms. The van der Waals surface area contributed by atoms with Crippen molar-refractivity contribution in [1.82, 2.24) is 9.97 Å². The van der Waals surface area contributed by atoms with E-state index in [0.29, 0.717) is 0 Å². The number of aryl methyl sites for hydroxylation is 1. The second kappa shape index (κ2) is 4.66. The number of aromatic nitrogens is 2. The molecule has 1 aliphatic carbocycles. The summed E-state index contributed by atoms with van der Waals surface area (Å²) in [4.78, 5) is 8.76. The van der Waals surface area contributed by atoms with Gasteiger partial charge in [-0.2, -0.15) is 0 Å². The molecule has 1 spiro atoms. The van der Waals surface area contributed by atoms with Gasteiger partial charge in [0.05, 0.1) is 0 Å². The van der Waals surface area contributed by atoms with Crippen LogP contribution in [-0.4, -0.2) is 9.97 Å². The molecule has 0 saturated carbocycles. The van der Waals surface area contributed by atoms with Crippen molar-refractivity contribution in [3.8, 4) is 0 Å². The number of fused-ring (bicyclic) bond motifs is 1. The topological polar surface area (TPSA) is 37.8 Å². The first-order chi connectivity index (χ1) is 11.3. The Hall–Kier alpha value is -2.68. The number of rotatable bonds is 0. The van der Waals surface area contributed by atoms with Crippen molar-refractivity contribution < 1.29 is 0 Å². The maximum atomic E-state index is 4.57. The summed E-state index contributed by atoms with van der Waals surface area (Å²) in [5.74, 6) is 0. The molecular weight excluding hydrogens is 282 g/mol. The molecule has 4 aliphatic heterocycles. The van der Waals surface area contributed by atoms with Gasteiger partial charge >= 0.3 is 0 Å². The van der Waals surface area contributed by atoms with E-state index in [4.69, 9.17) is 0 Å². The van der Waals surface area contributed by atoms with Crippen LogP contribution in [0.25, 0.3) is 0 Å². The van der Waals surface area contributed by atoms with Crippen molar-refractivity contribution in [2.45, 2.75) is 24.7 Å². The van der Waals surface area contributed by atoms with Gasteiger partial charge in [0.15, 0.2) is 0 Å². The van der Waals surface area contributed by atoms with E-state index in [1.54, 1.807) is 6.33 Å². The van der Waals surface area contributed by atoms with Gasteiger partial charge in [0.2, 0.25) is 0 Å². The minimum absolute atomic E-state index is 0.00968. The van der Waals surface area contributed by atoms with E-state index in [9.17, 15) is 0 Å². The summed E-state index contributed by atoms with van der Waals surface area (Å²) < 4.78 is 0. The molecule has 0 fully saturated rings. The van der Waals surface area contributed by atoms with Gasteiger partial charge in [0.1, 0.15) is 6.33 Å². The SMILES string of the molecule is c1ncc2c(n1)CC1(CC2)c2ccc(cc2)Nc2ccc1cc2. The van der Waals surface area contributed by atoms with Gasteiger partial charge in [-0.1, -0.05) is 24.3 Å². The van der Waals surface area contributed by atoms with E-state index in [1.165, 1.54) is 22.4 Å². The fourth-order valence-electron chi connectivity index (χ4n) is 4.05. The Balaban J connectivity index is 1.75. The predicted octanol–water partition coefficient (Wildman–Crippen LogP) is 4.01. The van der Waals surface area contributed by atoms with Crippen molar-refractivity contribution in [1.29, 1.82) is 0 Å². The lowest BCUT2D eigenvalue weighted by Crippen LogP contribution is -2.35. The number of benzene rings is 2. The number of hydrogen-bond acceptors (Lipinski definition) is 3. The Kier molecular flexibility index (Phi) is 2.60. The Bertz CT molecular complexity index is 821. The molecule has 5 aliphatic rings. The molecule has 3 aromatic rings. The first kappa shape index (κ1) is 12.8. The maximum Gasteiger partial charge on any atom is 0.115 e. The van der Waals surface area contributed by atoms with Crippen LogP contribution in [0.4, 0.5) is 11.4 Å². The van der Waals surface area contributed by atoms with Crippen LogP contribution in [0.2, 0.25) is 0 Å². The normalized spacial score (nSPS) is 16.9. The molecule has 0 saturated heterocycles. The van der Waals surface area contributed by atoms with Crippen LogP contribution in [0.3, 0.4) is 0 Å². The molecule has 112 valence electrons. The number of hydrogen-bond donors (Lipinski definition) is 1. The van der Waals surface area contributed by atoms with Gasteiger partial charge < -0.3 is 5.32 Å². The monoisotopic (exact) mass is 299 g/mol. The van der Waals surface area contributed by atoms with Crippen LogP contribution in [-0.2, 0) is 18.3 Å². The number of anilines is 2. The van der Waals surface area contributed by atoms with Crippen LogP contribution in [0, 0.1) is 0 Å². The summed E-state index contributed by atoms with van der Waals surface area (Å²) in [7, 11) is 0. The second-order valence-corrected chi connectivity index (χ2v) is 6.53. The van der Waals surface area contributed by atoms with Crippen molar-refractivity contribution in [3.05, 3.63) is 83.4 Å². The van der Waals surface area contributed by atoms with E-state index in [1.807, 2.05) is 6.20 Å². The predicted molar refractivity (Wildman–Crippen MR) is 91.0 cm³/mol. The van der Waals surface area contributed by atoms with E-state index >= 15 is 0 Å². The highest BCUT2D eigenvalue weighted by atomic mass is 14.9. The van der Waals surface area contributed by atoms with Crippen molar-refractivity contribution in [2.75, 3.05) is 5.32 Å². The van der Waals surface area contributed by atoms with Crippen molar-refractivity contribution in [3.63, 3.8) is 0 Å². The Labute approximate surface area is 135 Å². The molecule has 0 radical (unpaired) electrons. The molecule has 23 heavy (non-hydrogen) atoms. The number of nitrogens with zero attached hydrogens (tertiary/aromatic N) is 2. The summed E-state index contributed by atoms with van der Waals surface area (Å²) in [5, 5.41) is 3.44. The third kappa shape index (κ3) is 1.89. The molecule has 5 heterocycles. The lowest BCUT2D eigenvalue weighted by molar-refractivity contribution is 0.435. The molecule has 2 aromatic carbocycles. The summed E-state index contributed by atoms with van der Waals surface area (Å²) in [6.07, 6.45) is 6.72. The third-order valence-corrected chi connectivity index (χ3v) is 5.34. The Morgan fingerprint density at radius 2 is 1.52 bits per heavy atom. The smallest absolute Gasteiger partial charge is 0.115 e. The quantitative estimate of drug-likeness (QED) is 0.681. The van der Waals surface area contributed by atoms with Crippen LogP contribution < -0.4 is 5.32 Å². The maximum absolute atomic E-state index is 4.57. The zero-order valence-corrected chi connectivity index (χ0v) is 12.8. The van der Waals surface area contributed by atoms with Gasteiger partial charge in [0, 0.05) is 35.1 Å². The lowest BCUT2D eigenvalue weighted by Gasteiger charge is -2.39. The van der Waals surface area contributed by atoms with Gasteiger partial charge in [-0.3, -0.25) is 0 Å². The van der Waals surface area contributed by atoms with Crippen molar-refractivity contribution in [2.24, 2.45) is 0 Å². The lowest BCUT2D eigenvalue weighted by atomic mass is 9.65. The molecule has 0 atom stereocenters. The fourth-order valence-corrected chi connectivity index (χ4v) is 4.05. The van der Waals surface area contributed by atoms with Crippen LogP contribution in [0.1, 0.15) is 28.8 Å². The molecule has 0 unspecified atom stereocenters. The molecular formula is C20H17N3. The molecule has 1 N–H and O–H groups in total. The van der Waals surface area contributed by atoms with E-state index in [2.05, 4.69) is 63.8 Å². The highest BCUT2D eigenvalue weighted by Gasteiger charge is 2.38. The van der Waals surface area contributed by atoms with Gasteiger partial charge in [0.25, 0.3) is 0 Å². The zero-order valence-electron chi connectivity index (χ0n) is 12.8. The van der Waals surface area contributed by atoms with E-state index < -0.39 is 0 Å². The minimum Gasteiger partial charge on any atom is -0.356 e. The molecule has 4 bridgehead atoms. The standard InChI is InChI=1S/C20H17N3/c1-5-17-6-2-15(1)20(16-3-7-18(23-17)8-4-16)10-9-14-12-21-13-22-19(14)11-20/h1-8,12-13,23H,9-11H2. The minimum atomic E-state index is 0.00968. The van der Waals surface area contributed by atoms with Crippen LogP contribution in [0.15, 0.2) is 61.1 Å². The van der Waals surface area contributed by atoms with E-state index in [-0.39, 0.29) is 5.41 Å². The Morgan fingerprint density at radius 3 is 2.17 bits per heavy atom. The highest BCUT2D eigenvalue weighted by molar-refractivity contribution is 5.63. The first-order valence-electron chi connectivity index (χ1n) is 8.09.